The molecule has 0 aliphatic heterocycles. The zero-order valence-electron chi connectivity index (χ0n) is 11.5. The fraction of sp³-hybridized carbons (Fsp3) is 0.250. The van der Waals surface area contributed by atoms with Crippen LogP contribution in [0.15, 0.2) is 42.5 Å². The number of hydrogen-bond acceptors (Lipinski definition) is 3. The van der Waals surface area contributed by atoms with Crippen molar-refractivity contribution in [1.82, 2.24) is 0 Å². The molecule has 2 rings (SSSR count). The molecule has 0 aliphatic rings. The summed E-state index contributed by atoms with van der Waals surface area (Å²) in [4.78, 5) is 0. The van der Waals surface area contributed by atoms with Crippen molar-refractivity contribution >= 4 is 5.69 Å². The molecule has 0 spiro atoms. The summed E-state index contributed by atoms with van der Waals surface area (Å²) in [7, 11) is 1.62. The fourth-order valence-corrected chi connectivity index (χ4v) is 1.79. The van der Waals surface area contributed by atoms with Crippen LogP contribution >= 0.6 is 0 Å². The largest absolute Gasteiger partial charge is 0.497 e. The van der Waals surface area contributed by atoms with Crippen LogP contribution in [0.2, 0.25) is 0 Å². The molecule has 0 unspecified atom stereocenters. The van der Waals surface area contributed by atoms with E-state index in [4.69, 9.17) is 15.2 Å². The Kier molecular flexibility index (Phi) is 3.95. The van der Waals surface area contributed by atoms with E-state index < -0.39 is 0 Å². The van der Waals surface area contributed by atoms with E-state index in [0.29, 0.717) is 17.4 Å². The molecule has 3 heteroatoms. The molecule has 2 N–H and O–H groups in total. The average Bonchev–Trinajstić information content (AvgIpc) is 2.41. The first-order valence-corrected chi connectivity index (χ1v) is 6.31. The van der Waals surface area contributed by atoms with Gasteiger partial charge >= 0.3 is 0 Å². The molecular weight excluding hydrogens is 238 g/mol. The van der Waals surface area contributed by atoms with E-state index in [9.17, 15) is 0 Å². The maximum absolute atomic E-state index is 5.91. The van der Waals surface area contributed by atoms with Crippen LogP contribution in [-0.4, -0.2) is 7.11 Å². The Hall–Kier alpha value is -2.16. The average molecular weight is 257 g/mol. The van der Waals surface area contributed by atoms with Crippen LogP contribution in [0, 0.1) is 0 Å². The SMILES string of the molecule is COc1ccc(N)c(Oc2cccc(C(C)C)c2)c1. The van der Waals surface area contributed by atoms with Gasteiger partial charge in [0.25, 0.3) is 0 Å². The molecule has 0 radical (unpaired) electrons. The molecule has 0 saturated heterocycles. The summed E-state index contributed by atoms with van der Waals surface area (Å²) in [6, 6.07) is 13.4. The Balaban J connectivity index is 2.28. The van der Waals surface area contributed by atoms with Crippen LogP contribution in [0.3, 0.4) is 0 Å². The molecule has 0 atom stereocenters. The first-order chi connectivity index (χ1) is 9.10. The molecule has 0 amide bonds. The Labute approximate surface area is 114 Å². The maximum Gasteiger partial charge on any atom is 0.153 e. The van der Waals surface area contributed by atoms with Crippen LogP contribution in [0.25, 0.3) is 0 Å². The third-order valence-electron chi connectivity index (χ3n) is 2.97. The van der Waals surface area contributed by atoms with Crippen LogP contribution in [-0.2, 0) is 0 Å². The second kappa shape index (κ2) is 5.65. The van der Waals surface area contributed by atoms with Gasteiger partial charge in [-0.05, 0) is 35.7 Å². The van der Waals surface area contributed by atoms with Crippen LogP contribution in [0.5, 0.6) is 17.2 Å². The second-order valence-corrected chi connectivity index (χ2v) is 4.73. The van der Waals surface area contributed by atoms with E-state index in [1.54, 1.807) is 19.2 Å². The number of anilines is 1. The molecular formula is C16H19NO2. The first-order valence-electron chi connectivity index (χ1n) is 6.31. The number of hydrogen-bond donors (Lipinski definition) is 1. The Morgan fingerprint density at radius 2 is 1.79 bits per heavy atom. The van der Waals surface area contributed by atoms with Gasteiger partial charge in [-0.25, -0.2) is 0 Å². The highest BCUT2D eigenvalue weighted by Crippen LogP contribution is 2.32. The number of benzene rings is 2. The van der Waals surface area contributed by atoms with Gasteiger partial charge in [0.15, 0.2) is 5.75 Å². The summed E-state index contributed by atoms with van der Waals surface area (Å²) in [5.41, 5.74) is 7.74. The predicted octanol–water partition coefficient (Wildman–Crippen LogP) is 4.19. The Bertz CT molecular complexity index is 564. The molecule has 19 heavy (non-hydrogen) atoms. The van der Waals surface area contributed by atoms with E-state index in [0.717, 1.165) is 11.5 Å². The minimum Gasteiger partial charge on any atom is -0.497 e. The van der Waals surface area contributed by atoms with Crippen LogP contribution in [0.1, 0.15) is 25.3 Å². The van der Waals surface area contributed by atoms with Crippen molar-refractivity contribution in [3.63, 3.8) is 0 Å². The molecule has 0 heterocycles. The van der Waals surface area contributed by atoms with E-state index in [2.05, 4.69) is 19.9 Å². The smallest absolute Gasteiger partial charge is 0.153 e. The van der Waals surface area contributed by atoms with Gasteiger partial charge < -0.3 is 15.2 Å². The highest BCUT2D eigenvalue weighted by atomic mass is 16.5. The van der Waals surface area contributed by atoms with Gasteiger partial charge in [0.1, 0.15) is 11.5 Å². The quantitative estimate of drug-likeness (QED) is 0.835. The van der Waals surface area contributed by atoms with Gasteiger partial charge in [-0.1, -0.05) is 26.0 Å². The molecule has 0 aliphatic carbocycles. The second-order valence-electron chi connectivity index (χ2n) is 4.73. The van der Waals surface area contributed by atoms with Gasteiger partial charge in [-0.2, -0.15) is 0 Å². The zero-order chi connectivity index (χ0) is 13.8. The van der Waals surface area contributed by atoms with Crippen molar-refractivity contribution in [3.05, 3.63) is 48.0 Å². The lowest BCUT2D eigenvalue weighted by atomic mass is 10.0. The Morgan fingerprint density at radius 3 is 2.47 bits per heavy atom. The van der Waals surface area contributed by atoms with Gasteiger partial charge in [0, 0.05) is 6.07 Å². The van der Waals surface area contributed by atoms with E-state index in [1.807, 2.05) is 24.3 Å². The van der Waals surface area contributed by atoms with Crippen LogP contribution in [0.4, 0.5) is 5.69 Å². The number of methoxy groups -OCH3 is 1. The van der Waals surface area contributed by atoms with E-state index in [-0.39, 0.29) is 0 Å². The monoisotopic (exact) mass is 257 g/mol. The van der Waals surface area contributed by atoms with Crippen molar-refractivity contribution in [1.29, 1.82) is 0 Å². The van der Waals surface area contributed by atoms with Crippen molar-refractivity contribution in [3.8, 4) is 17.2 Å². The topological polar surface area (TPSA) is 44.5 Å². The van der Waals surface area contributed by atoms with Gasteiger partial charge in [0.05, 0.1) is 12.8 Å². The lowest BCUT2D eigenvalue weighted by molar-refractivity contribution is 0.409. The number of ether oxygens (including phenoxy) is 2. The number of rotatable bonds is 4. The molecule has 0 fully saturated rings. The molecule has 0 bridgehead atoms. The van der Waals surface area contributed by atoms with Gasteiger partial charge in [0.2, 0.25) is 0 Å². The number of nitrogens with two attached hydrogens (primary N) is 1. The summed E-state index contributed by atoms with van der Waals surface area (Å²) in [6.45, 7) is 4.30. The first kappa shape index (κ1) is 13.3. The summed E-state index contributed by atoms with van der Waals surface area (Å²) >= 11 is 0. The molecule has 2 aromatic rings. The Morgan fingerprint density at radius 1 is 1.00 bits per heavy atom. The summed E-state index contributed by atoms with van der Waals surface area (Å²) in [5.74, 6) is 2.59. The van der Waals surface area contributed by atoms with Crippen molar-refractivity contribution in [2.45, 2.75) is 19.8 Å². The number of nitrogen functional groups attached to an aromatic ring is 1. The third-order valence-corrected chi connectivity index (χ3v) is 2.97. The van der Waals surface area contributed by atoms with E-state index in [1.165, 1.54) is 5.56 Å². The van der Waals surface area contributed by atoms with Gasteiger partial charge in [-0.3, -0.25) is 0 Å². The molecule has 100 valence electrons. The van der Waals surface area contributed by atoms with Crippen molar-refractivity contribution in [2.24, 2.45) is 0 Å². The van der Waals surface area contributed by atoms with Crippen molar-refractivity contribution < 1.29 is 9.47 Å². The molecule has 0 saturated carbocycles. The highest BCUT2D eigenvalue weighted by molar-refractivity contribution is 5.57. The standard InChI is InChI=1S/C16H19NO2/c1-11(2)12-5-4-6-14(9-12)19-16-10-13(18-3)7-8-15(16)17/h4-11H,17H2,1-3H3. The molecule has 0 aromatic heterocycles. The summed E-state index contributed by atoms with van der Waals surface area (Å²) in [5, 5.41) is 0. The zero-order valence-corrected chi connectivity index (χ0v) is 11.5. The van der Waals surface area contributed by atoms with Crippen molar-refractivity contribution in [2.75, 3.05) is 12.8 Å². The van der Waals surface area contributed by atoms with Gasteiger partial charge in [-0.15, -0.1) is 0 Å². The molecule has 2 aromatic carbocycles. The maximum atomic E-state index is 5.91. The minimum atomic E-state index is 0.464. The van der Waals surface area contributed by atoms with Crippen LogP contribution < -0.4 is 15.2 Å². The van der Waals surface area contributed by atoms with E-state index >= 15 is 0 Å². The minimum absolute atomic E-state index is 0.464. The lowest BCUT2D eigenvalue weighted by Gasteiger charge is -2.12. The summed E-state index contributed by atoms with van der Waals surface area (Å²) in [6.07, 6.45) is 0. The normalized spacial score (nSPS) is 10.5. The third kappa shape index (κ3) is 3.19. The fourth-order valence-electron chi connectivity index (χ4n) is 1.79. The lowest BCUT2D eigenvalue weighted by Crippen LogP contribution is -1.94. The summed E-state index contributed by atoms with van der Waals surface area (Å²) < 4.78 is 11.0. The predicted molar refractivity (Wildman–Crippen MR) is 78.0 cm³/mol. The molecule has 3 nitrogen and oxygen atoms in total. The highest BCUT2D eigenvalue weighted by Gasteiger charge is 2.06.